The van der Waals surface area contributed by atoms with E-state index in [2.05, 4.69) is 16.9 Å². The van der Waals surface area contributed by atoms with Gasteiger partial charge in [-0.2, -0.15) is 0 Å². The Morgan fingerprint density at radius 2 is 1.83 bits per heavy atom. The lowest BCUT2D eigenvalue weighted by molar-refractivity contribution is 0.598. The number of hydrogen-bond donors (Lipinski definition) is 1. The van der Waals surface area contributed by atoms with E-state index >= 15 is 0 Å². The number of benzene rings is 1. The average molecular weight is 328 g/mol. The van der Waals surface area contributed by atoms with Crippen molar-refractivity contribution in [1.82, 2.24) is 14.5 Å². The van der Waals surface area contributed by atoms with E-state index < -0.39 is 10.0 Å². The van der Waals surface area contributed by atoms with Crippen LogP contribution in [0.15, 0.2) is 59.9 Å². The van der Waals surface area contributed by atoms with E-state index in [0.29, 0.717) is 5.82 Å². The van der Waals surface area contributed by atoms with Crippen molar-refractivity contribution in [2.75, 3.05) is 0 Å². The summed E-state index contributed by atoms with van der Waals surface area (Å²) >= 11 is 0. The Bertz CT molecular complexity index is 913. The van der Waals surface area contributed by atoms with Crippen LogP contribution in [-0.2, 0) is 16.4 Å². The van der Waals surface area contributed by atoms with Crippen molar-refractivity contribution >= 4 is 10.0 Å². The van der Waals surface area contributed by atoms with Gasteiger partial charge < -0.3 is 0 Å². The molecule has 0 fully saturated rings. The minimum absolute atomic E-state index is 0.0772. The Morgan fingerprint density at radius 1 is 1.09 bits per heavy atom. The SMILES string of the molecule is CCc1ccc(-c2nccn2-c2ccc(S(N)(=O)=O)cc2)nc1. The maximum absolute atomic E-state index is 11.3. The number of primary sulfonamides is 1. The lowest BCUT2D eigenvalue weighted by Gasteiger charge is -2.08. The minimum atomic E-state index is -3.70. The molecule has 2 aromatic heterocycles. The summed E-state index contributed by atoms with van der Waals surface area (Å²) in [5.41, 5.74) is 2.69. The van der Waals surface area contributed by atoms with Gasteiger partial charge in [-0.15, -0.1) is 0 Å². The van der Waals surface area contributed by atoms with Gasteiger partial charge in [0.05, 0.1) is 4.90 Å². The van der Waals surface area contributed by atoms with Gasteiger partial charge in [0, 0.05) is 24.3 Å². The Morgan fingerprint density at radius 3 is 2.39 bits per heavy atom. The molecule has 7 heteroatoms. The highest BCUT2D eigenvalue weighted by atomic mass is 32.2. The van der Waals surface area contributed by atoms with Gasteiger partial charge in [0.1, 0.15) is 5.69 Å². The second-order valence-electron chi connectivity index (χ2n) is 5.07. The highest BCUT2D eigenvalue weighted by Crippen LogP contribution is 2.21. The van der Waals surface area contributed by atoms with Crippen LogP contribution in [0.4, 0.5) is 0 Å². The number of nitrogens with two attached hydrogens (primary N) is 1. The number of sulfonamides is 1. The summed E-state index contributed by atoms with van der Waals surface area (Å²) in [6.07, 6.45) is 6.24. The summed E-state index contributed by atoms with van der Waals surface area (Å²) in [5, 5.41) is 5.12. The molecule has 1 aromatic carbocycles. The quantitative estimate of drug-likeness (QED) is 0.794. The molecule has 0 unspecified atom stereocenters. The van der Waals surface area contributed by atoms with Crippen LogP contribution in [0.3, 0.4) is 0 Å². The number of pyridine rings is 1. The van der Waals surface area contributed by atoms with E-state index in [-0.39, 0.29) is 4.90 Å². The zero-order chi connectivity index (χ0) is 16.4. The van der Waals surface area contributed by atoms with E-state index in [4.69, 9.17) is 5.14 Å². The highest BCUT2D eigenvalue weighted by Gasteiger charge is 2.11. The van der Waals surface area contributed by atoms with Gasteiger partial charge in [0.15, 0.2) is 5.82 Å². The summed E-state index contributed by atoms with van der Waals surface area (Å²) < 4.78 is 24.5. The van der Waals surface area contributed by atoms with Crippen molar-refractivity contribution in [2.45, 2.75) is 18.2 Å². The second kappa shape index (κ2) is 5.94. The highest BCUT2D eigenvalue weighted by molar-refractivity contribution is 7.89. The predicted molar refractivity (Wildman–Crippen MR) is 87.5 cm³/mol. The molecule has 0 aliphatic heterocycles. The molecule has 0 spiro atoms. The van der Waals surface area contributed by atoms with Crippen LogP contribution < -0.4 is 5.14 Å². The van der Waals surface area contributed by atoms with Gasteiger partial charge in [-0.25, -0.2) is 18.5 Å². The molecule has 2 heterocycles. The van der Waals surface area contributed by atoms with Crippen LogP contribution in [0.1, 0.15) is 12.5 Å². The fraction of sp³-hybridized carbons (Fsp3) is 0.125. The van der Waals surface area contributed by atoms with Crippen LogP contribution in [0, 0.1) is 0 Å². The van der Waals surface area contributed by atoms with Gasteiger partial charge in [0.25, 0.3) is 0 Å². The molecule has 0 amide bonds. The largest absolute Gasteiger partial charge is 0.299 e. The second-order valence-corrected chi connectivity index (χ2v) is 6.63. The van der Waals surface area contributed by atoms with Crippen LogP contribution >= 0.6 is 0 Å². The van der Waals surface area contributed by atoms with E-state index in [0.717, 1.165) is 23.4 Å². The van der Waals surface area contributed by atoms with E-state index in [1.165, 1.54) is 12.1 Å². The summed E-state index contributed by atoms with van der Waals surface area (Å²) in [5.74, 6) is 0.691. The summed E-state index contributed by atoms with van der Waals surface area (Å²) in [4.78, 5) is 8.86. The van der Waals surface area contributed by atoms with Crippen molar-refractivity contribution in [3.63, 3.8) is 0 Å². The summed E-state index contributed by atoms with van der Waals surface area (Å²) in [7, 11) is -3.70. The third-order valence-electron chi connectivity index (χ3n) is 3.55. The maximum Gasteiger partial charge on any atom is 0.238 e. The molecule has 3 aromatic rings. The van der Waals surface area contributed by atoms with Crippen LogP contribution in [0.25, 0.3) is 17.2 Å². The first-order chi connectivity index (χ1) is 11.0. The molecule has 0 atom stereocenters. The van der Waals surface area contributed by atoms with Gasteiger partial charge in [-0.3, -0.25) is 9.55 Å². The molecule has 0 radical (unpaired) electrons. The molecule has 0 aliphatic carbocycles. The van der Waals surface area contributed by atoms with Crippen molar-refractivity contribution in [3.05, 3.63) is 60.6 Å². The Balaban J connectivity index is 2.00. The molecule has 118 valence electrons. The molecule has 0 saturated carbocycles. The van der Waals surface area contributed by atoms with Crippen molar-refractivity contribution < 1.29 is 8.42 Å². The van der Waals surface area contributed by atoms with E-state index in [9.17, 15) is 8.42 Å². The average Bonchev–Trinajstić information content (AvgIpc) is 3.04. The first-order valence-corrected chi connectivity index (χ1v) is 8.65. The molecule has 0 saturated heterocycles. The number of imidazole rings is 1. The molecule has 0 aliphatic rings. The van der Waals surface area contributed by atoms with Gasteiger partial charge in [-0.1, -0.05) is 13.0 Å². The lowest BCUT2D eigenvalue weighted by Crippen LogP contribution is -2.12. The van der Waals surface area contributed by atoms with Crippen LogP contribution in [0.2, 0.25) is 0 Å². The Labute approximate surface area is 134 Å². The fourth-order valence-electron chi connectivity index (χ4n) is 2.26. The van der Waals surface area contributed by atoms with Gasteiger partial charge >= 0.3 is 0 Å². The van der Waals surface area contributed by atoms with E-state index in [1.54, 1.807) is 24.5 Å². The zero-order valence-electron chi connectivity index (χ0n) is 12.5. The van der Waals surface area contributed by atoms with Crippen LogP contribution in [0.5, 0.6) is 0 Å². The smallest absolute Gasteiger partial charge is 0.238 e. The third-order valence-corrected chi connectivity index (χ3v) is 4.48. The molecule has 6 nitrogen and oxygen atoms in total. The summed E-state index contributed by atoms with van der Waals surface area (Å²) in [6, 6.07) is 10.3. The van der Waals surface area contributed by atoms with Crippen molar-refractivity contribution in [2.24, 2.45) is 5.14 Å². The number of aryl methyl sites for hydroxylation is 1. The fourth-order valence-corrected chi connectivity index (χ4v) is 2.78. The molecule has 2 N–H and O–H groups in total. The minimum Gasteiger partial charge on any atom is -0.299 e. The summed E-state index contributed by atoms with van der Waals surface area (Å²) in [6.45, 7) is 2.07. The standard InChI is InChI=1S/C16H16N4O2S/c1-2-12-3-8-15(19-11-12)16-18-9-10-20(16)13-4-6-14(7-5-13)23(17,21)22/h3-11H,2H2,1H3,(H2,17,21,22). The Hall–Kier alpha value is -2.51. The first-order valence-electron chi connectivity index (χ1n) is 7.11. The Kier molecular flexibility index (Phi) is 3.97. The predicted octanol–water partition coefficient (Wildman–Crippen LogP) is 2.14. The van der Waals surface area contributed by atoms with Gasteiger partial charge in [0.2, 0.25) is 10.0 Å². The van der Waals surface area contributed by atoms with Gasteiger partial charge in [-0.05, 0) is 42.3 Å². The van der Waals surface area contributed by atoms with E-state index in [1.807, 2.05) is 22.9 Å². The maximum atomic E-state index is 11.3. The molecule has 3 rings (SSSR count). The number of rotatable bonds is 4. The van der Waals surface area contributed by atoms with Crippen molar-refractivity contribution in [3.8, 4) is 17.2 Å². The van der Waals surface area contributed by atoms with Crippen molar-refractivity contribution in [1.29, 1.82) is 0 Å². The first kappa shape index (κ1) is 15.4. The monoisotopic (exact) mass is 328 g/mol. The molecular formula is C16H16N4O2S. The lowest BCUT2D eigenvalue weighted by atomic mass is 10.2. The molecular weight excluding hydrogens is 312 g/mol. The number of hydrogen-bond acceptors (Lipinski definition) is 4. The zero-order valence-corrected chi connectivity index (χ0v) is 13.4. The van der Waals surface area contributed by atoms with Crippen LogP contribution in [-0.4, -0.2) is 23.0 Å². The normalized spacial score (nSPS) is 11.6. The topological polar surface area (TPSA) is 90.9 Å². The number of nitrogens with zero attached hydrogens (tertiary/aromatic N) is 3. The number of aromatic nitrogens is 3. The molecule has 0 bridgehead atoms. The third kappa shape index (κ3) is 3.15. The molecule has 23 heavy (non-hydrogen) atoms.